The predicted molar refractivity (Wildman–Crippen MR) is 88.4 cm³/mol. The van der Waals surface area contributed by atoms with E-state index in [2.05, 4.69) is 12.2 Å². The van der Waals surface area contributed by atoms with Gasteiger partial charge in [-0.25, -0.2) is 0 Å². The van der Waals surface area contributed by atoms with Gasteiger partial charge in [-0.1, -0.05) is 26.2 Å². The first-order chi connectivity index (χ1) is 10.5. The van der Waals surface area contributed by atoms with Gasteiger partial charge in [0.15, 0.2) is 0 Å². The van der Waals surface area contributed by atoms with Gasteiger partial charge in [-0.05, 0) is 52.4 Å². The van der Waals surface area contributed by atoms with Gasteiger partial charge in [0.1, 0.15) is 5.41 Å². The molecule has 1 heterocycles. The number of rotatable bonds is 4. The average molecular weight is 308 g/mol. The Morgan fingerprint density at radius 2 is 1.68 bits per heavy atom. The third-order valence-electron chi connectivity index (χ3n) is 5.40. The van der Waals surface area contributed by atoms with Crippen molar-refractivity contribution in [2.24, 2.45) is 5.41 Å². The zero-order valence-corrected chi connectivity index (χ0v) is 14.5. The van der Waals surface area contributed by atoms with E-state index in [0.717, 1.165) is 38.6 Å². The minimum Gasteiger partial charge on any atom is -0.352 e. The van der Waals surface area contributed by atoms with Crippen molar-refractivity contribution < 1.29 is 9.59 Å². The molecule has 0 aromatic rings. The Labute approximate surface area is 135 Å². The van der Waals surface area contributed by atoms with E-state index in [-0.39, 0.29) is 17.9 Å². The van der Waals surface area contributed by atoms with Gasteiger partial charge >= 0.3 is 0 Å². The Bertz CT molecular complexity index is 400. The molecule has 1 aliphatic heterocycles. The molecule has 2 fully saturated rings. The zero-order chi connectivity index (χ0) is 16.2. The quantitative estimate of drug-likeness (QED) is 0.810. The van der Waals surface area contributed by atoms with E-state index in [9.17, 15) is 9.59 Å². The van der Waals surface area contributed by atoms with Gasteiger partial charge in [-0.3, -0.25) is 9.59 Å². The fourth-order valence-electron chi connectivity index (χ4n) is 3.76. The van der Waals surface area contributed by atoms with Gasteiger partial charge in [-0.2, -0.15) is 0 Å². The summed E-state index contributed by atoms with van der Waals surface area (Å²) >= 11 is 0. The van der Waals surface area contributed by atoms with E-state index >= 15 is 0 Å². The van der Waals surface area contributed by atoms with Crippen LogP contribution >= 0.6 is 0 Å². The van der Waals surface area contributed by atoms with Crippen molar-refractivity contribution in [3.8, 4) is 0 Å². The van der Waals surface area contributed by atoms with Gasteiger partial charge in [-0.15, -0.1) is 0 Å². The Kier molecular flexibility index (Phi) is 5.87. The molecule has 2 amide bonds. The molecule has 1 saturated carbocycles. The van der Waals surface area contributed by atoms with Crippen molar-refractivity contribution in [2.75, 3.05) is 6.54 Å². The van der Waals surface area contributed by atoms with Gasteiger partial charge in [0.25, 0.3) is 0 Å². The summed E-state index contributed by atoms with van der Waals surface area (Å²) in [7, 11) is 0. The zero-order valence-electron chi connectivity index (χ0n) is 14.5. The van der Waals surface area contributed by atoms with Crippen LogP contribution < -0.4 is 5.32 Å². The number of nitrogens with one attached hydrogen (secondary N) is 1. The van der Waals surface area contributed by atoms with Crippen LogP contribution in [-0.4, -0.2) is 35.3 Å². The second kappa shape index (κ2) is 7.47. The maximum Gasteiger partial charge on any atom is 0.237 e. The third kappa shape index (κ3) is 3.82. The van der Waals surface area contributed by atoms with E-state index in [4.69, 9.17) is 0 Å². The summed E-state index contributed by atoms with van der Waals surface area (Å²) in [5.41, 5.74) is -0.956. The topological polar surface area (TPSA) is 49.4 Å². The third-order valence-corrected chi connectivity index (χ3v) is 5.40. The molecular formula is C18H32N2O2. The summed E-state index contributed by atoms with van der Waals surface area (Å²) in [5, 5.41) is 3.13. The predicted octanol–water partition coefficient (Wildman–Crippen LogP) is 3.25. The van der Waals surface area contributed by atoms with Crippen LogP contribution in [0.25, 0.3) is 0 Å². The maximum absolute atomic E-state index is 12.9. The molecule has 1 atom stereocenters. The van der Waals surface area contributed by atoms with Crippen LogP contribution in [0, 0.1) is 5.41 Å². The molecule has 2 rings (SSSR count). The number of hydrogen-bond donors (Lipinski definition) is 1. The van der Waals surface area contributed by atoms with Crippen molar-refractivity contribution in [2.45, 2.75) is 90.6 Å². The van der Waals surface area contributed by atoms with Gasteiger partial charge in [0.05, 0.1) is 0 Å². The van der Waals surface area contributed by atoms with Gasteiger partial charge < -0.3 is 10.2 Å². The number of hydrogen-bond acceptors (Lipinski definition) is 2. The largest absolute Gasteiger partial charge is 0.352 e. The summed E-state index contributed by atoms with van der Waals surface area (Å²) in [6.07, 6.45) is 10.0. The lowest BCUT2D eigenvalue weighted by molar-refractivity contribution is -0.151. The number of likely N-dealkylation sites (tertiary alicyclic amines) is 1. The molecule has 126 valence electrons. The Morgan fingerprint density at radius 1 is 1.05 bits per heavy atom. The minimum atomic E-state index is -0.956. The highest BCUT2D eigenvalue weighted by Gasteiger charge is 2.42. The van der Waals surface area contributed by atoms with Crippen LogP contribution in [0.3, 0.4) is 0 Å². The normalized spacial score (nSPS) is 24.1. The monoisotopic (exact) mass is 308 g/mol. The molecular weight excluding hydrogens is 276 g/mol. The molecule has 1 saturated heterocycles. The molecule has 0 aromatic heterocycles. The molecule has 0 aromatic carbocycles. The SMILES string of the molecule is CCC1CCCCN1C(=O)C(C)(C)C(=O)NC1CCCCC1. The second-order valence-electron chi connectivity index (χ2n) is 7.49. The lowest BCUT2D eigenvalue weighted by atomic mass is 9.86. The summed E-state index contributed by atoms with van der Waals surface area (Å²) in [5.74, 6) is -0.0859. The molecule has 0 radical (unpaired) electrons. The van der Waals surface area contributed by atoms with E-state index in [1.165, 1.54) is 25.7 Å². The fourth-order valence-corrected chi connectivity index (χ4v) is 3.76. The summed E-state index contributed by atoms with van der Waals surface area (Å²) in [6.45, 7) is 6.51. The highest BCUT2D eigenvalue weighted by molar-refractivity contribution is 6.04. The number of amides is 2. The number of piperidine rings is 1. The van der Waals surface area contributed by atoms with Crippen LogP contribution in [-0.2, 0) is 9.59 Å². The number of carbonyl (C=O) groups excluding carboxylic acids is 2. The number of nitrogens with zero attached hydrogens (tertiary/aromatic N) is 1. The molecule has 4 heteroatoms. The average Bonchev–Trinajstić information content (AvgIpc) is 2.54. The highest BCUT2D eigenvalue weighted by Crippen LogP contribution is 2.28. The standard InChI is InChI=1S/C18H32N2O2/c1-4-15-12-8-9-13-20(15)17(22)18(2,3)16(21)19-14-10-6-5-7-11-14/h14-15H,4-13H2,1-3H3,(H,19,21). The van der Waals surface area contributed by atoms with E-state index in [1.807, 2.05) is 4.90 Å². The first-order valence-electron chi connectivity index (χ1n) is 9.09. The molecule has 2 aliphatic rings. The molecule has 1 unspecified atom stereocenters. The van der Waals surface area contributed by atoms with E-state index in [0.29, 0.717) is 6.04 Å². The molecule has 0 spiro atoms. The van der Waals surface area contributed by atoms with E-state index < -0.39 is 5.41 Å². The summed E-state index contributed by atoms with van der Waals surface area (Å²) < 4.78 is 0. The van der Waals surface area contributed by atoms with E-state index in [1.54, 1.807) is 13.8 Å². The fraction of sp³-hybridized carbons (Fsp3) is 0.889. The van der Waals surface area contributed by atoms with Gasteiger partial charge in [0.2, 0.25) is 11.8 Å². The molecule has 4 nitrogen and oxygen atoms in total. The lowest BCUT2D eigenvalue weighted by Crippen LogP contribution is -2.55. The van der Waals surface area contributed by atoms with Crippen molar-refractivity contribution >= 4 is 11.8 Å². The van der Waals surface area contributed by atoms with Gasteiger partial charge in [0, 0.05) is 18.6 Å². The Morgan fingerprint density at radius 3 is 2.32 bits per heavy atom. The first-order valence-corrected chi connectivity index (χ1v) is 9.09. The molecule has 1 N–H and O–H groups in total. The summed E-state index contributed by atoms with van der Waals surface area (Å²) in [6, 6.07) is 0.569. The Hall–Kier alpha value is -1.06. The van der Waals surface area contributed by atoms with Crippen molar-refractivity contribution in [3.05, 3.63) is 0 Å². The molecule has 22 heavy (non-hydrogen) atoms. The smallest absolute Gasteiger partial charge is 0.237 e. The Balaban J connectivity index is 2.00. The van der Waals surface area contributed by atoms with Crippen molar-refractivity contribution in [3.63, 3.8) is 0 Å². The minimum absolute atomic E-state index is 0.00681. The number of carbonyl (C=O) groups is 2. The first kappa shape index (κ1) is 17.3. The van der Waals surface area contributed by atoms with Crippen LogP contribution in [0.5, 0.6) is 0 Å². The van der Waals surface area contributed by atoms with Crippen molar-refractivity contribution in [1.82, 2.24) is 10.2 Å². The van der Waals surface area contributed by atoms with Crippen LogP contribution in [0.1, 0.15) is 78.6 Å². The maximum atomic E-state index is 12.9. The van der Waals surface area contributed by atoms with Crippen LogP contribution in [0.15, 0.2) is 0 Å². The molecule has 0 bridgehead atoms. The lowest BCUT2D eigenvalue weighted by Gasteiger charge is -2.40. The van der Waals surface area contributed by atoms with Crippen molar-refractivity contribution in [1.29, 1.82) is 0 Å². The van der Waals surface area contributed by atoms with Crippen LogP contribution in [0.4, 0.5) is 0 Å². The highest BCUT2D eigenvalue weighted by atomic mass is 16.2. The summed E-state index contributed by atoms with van der Waals surface area (Å²) in [4.78, 5) is 27.6. The van der Waals surface area contributed by atoms with Crippen LogP contribution in [0.2, 0.25) is 0 Å². The molecule has 1 aliphatic carbocycles. The second-order valence-corrected chi connectivity index (χ2v) is 7.49.